The molecular formula is C32H50N8O14. The minimum Gasteiger partial charge on any atom is -0.481 e. The SMILES string of the molecule is CC[C@H](C)[C@H](N)C(=O)O.N[C@@H](CC(=O)O)C(=O)O.N[C@@H](CCC(=O)O)C(=O)O.N[C@@H](Cc1c[nH]c2ccccc12)C(=O)O.N[C@@H](Cc1c[nH]cn1)C(=O)O. The third-order valence-corrected chi connectivity index (χ3v) is 6.97. The Balaban J connectivity index is 0. The van der Waals surface area contributed by atoms with Gasteiger partial charge < -0.3 is 74.4 Å². The molecular weight excluding hydrogens is 720 g/mol. The predicted octanol–water partition coefficient (Wildman–Crippen LogP) is -0.933. The van der Waals surface area contributed by atoms with Crippen LogP contribution in [0.4, 0.5) is 0 Å². The Morgan fingerprint density at radius 2 is 1.20 bits per heavy atom. The van der Waals surface area contributed by atoms with E-state index in [0.717, 1.165) is 22.9 Å². The Hall–Kier alpha value is -5.94. The molecule has 0 unspecified atom stereocenters. The van der Waals surface area contributed by atoms with Gasteiger partial charge in [-0.25, -0.2) is 4.98 Å². The van der Waals surface area contributed by atoms with Crippen molar-refractivity contribution in [3.8, 4) is 0 Å². The van der Waals surface area contributed by atoms with Gasteiger partial charge in [-0.2, -0.15) is 0 Å². The lowest BCUT2D eigenvalue weighted by molar-refractivity contribution is -0.144. The van der Waals surface area contributed by atoms with E-state index in [9.17, 15) is 33.6 Å². The quantitative estimate of drug-likeness (QED) is 0.0836. The summed E-state index contributed by atoms with van der Waals surface area (Å²) in [7, 11) is 0. The maximum Gasteiger partial charge on any atom is 0.321 e. The number of H-pyrrole nitrogens is 2. The second-order valence-corrected chi connectivity index (χ2v) is 11.4. The van der Waals surface area contributed by atoms with E-state index in [0.29, 0.717) is 12.1 Å². The molecule has 0 fully saturated rings. The molecule has 3 aromatic rings. The number of carboxylic acid groups (broad SMARTS) is 7. The number of aromatic nitrogens is 3. The molecule has 0 radical (unpaired) electrons. The fraction of sp³-hybridized carbons (Fsp3) is 0.438. The van der Waals surface area contributed by atoms with Crippen LogP contribution in [0, 0.1) is 5.92 Å². The van der Waals surface area contributed by atoms with Crippen LogP contribution in [0.15, 0.2) is 43.0 Å². The lowest BCUT2D eigenvalue weighted by atomic mass is 10.0. The molecule has 0 aliphatic carbocycles. The Labute approximate surface area is 308 Å². The summed E-state index contributed by atoms with van der Waals surface area (Å²) < 4.78 is 0. The van der Waals surface area contributed by atoms with Crippen LogP contribution in [-0.4, -0.2) is 123 Å². The normalized spacial score (nSPS) is 13.4. The molecule has 22 nitrogen and oxygen atoms in total. The molecule has 19 N–H and O–H groups in total. The summed E-state index contributed by atoms with van der Waals surface area (Å²) in [4.78, 5) is 80.2. The third kappa shape index (κ3) is 22.8. The maximum atomic E-state index is 10.6. The molecule has 0 amide bonds. The number of rotatable bonds is 16. The summed E-state index contributed by atoms with van der Waals surface area (Å²) >= 11 is 0. The van der Waals surface area contributed by atoms with E-state index in [4.69, 9.17) is 64.4 Å². The van der Waals surface area contributed by atoms with E-state index >= 15 is 0 Å². The zero-order valence-corrected chi connectivity index (χ0v) is 29.6. The van der Waals surface area contributed by atoms with Crippen molar-refractivity contribution in [2.75, 3.05) is 0 Å². The number of nitrogens with two attached hydrogens (primary N) is 5. The van der Waals surface area contributed by atoms with Crippen molar-refractivity contribution in [1.82, 2.24) is 15.0 Å². The van der Waals surface area contributed by atoms with Gasteiger partial charge in [0.1, 0.15) is 30.2 Å². The Bertz CT molecular complexity index is 1620. The summed E-state index contributed by atoms with van der Waals surface area (Å²) in [6.45, 7) is 3.76. The van der Waals surface area contributed by atoms with Gasteiger partial charge in [0.05, 0.1) is 18.4 Å². The average molecular weight is 771 g/mol. The highest BCUT2D eigenvalue weighted by molar-refractivity contribution is 5.84. The molecule has 0 bridgehead atoms. The highest BCUT2D eigenvalue weighted by atomic mass is 16.4. The molecule has 0 saturated carbocycles. The largest absolute Gasteiger partial charge is 0.481 e. The Morgan fingerprint density at radius 3 is 1.59 bits per heavy atom. The molecule has 2 aromatic heterocycles. The van der Waals surface area contributed by atoms with Crippen LogP contribution in [0.25, 0.3) is 10.9 Å². The fourth-order valence-corrected chi connectivity index (χ4v) is 3.52. The second-order valence-electron chi connectivity index (χ2n) is 11.4. The fourth-order valence-electron chi connectivity index (χ4n) is 3.52. The summed E-state index contributed by atoms with van der Waals surface area (Å²) in [5.41, 5.74) is 28.5. The number of para-hydroxylation sites is 1. The van der Waals surface area contributed by atoms with Crippen LogP contribution in [0.1, 0.15) is 50.8 Å². The number of hydrogen-bond acceptors (Lipinski definition) is 13. The highest BCUT2D eigenvalue weighted by Gasteiger charge is 2.18. The molecule has 3 rings (SSSR count). The van der Waals surface area contributed by atoms with Crippen molar-refractivity contribution in [2.24, 2.45) is 34.6 Å². The summed E-state index contributed by atoms with van der Waals surface area (Å²) in [6, 6.07) is 3.00. The third-order valence-electron chi connectivity index (χ3n) is 6.97. The highest BCUT2D eigenvalue weighted by Crippen LogP contribution is 2.18. The van der Waals surface area contributed by atoms with E-state index in [2.05, 4.69) is 15.0 Å². The maximum absolute atomic E-state index is 10.6. The minimum atomic E-state index is -1.29. The van der Waals surface area contributed by atoms with Gasteiger partial charge in [-0.3, -0.25) is 33.6 Å². The summed E-state index contributed by atoms with van der Waals surface area (Å²) in [5.74, 6) is -7.51. The van der Waals surface area contributed by atoms with Crippen LogP contribution in [0.5, 0.6) is 0 Å². The first-order valence-electron chi connectivity index (χ1n) is 15.9. The summed E-state index contributed by atoms with van der Waals surface area (Å²) in [5, 5.41) is 58.8. The van der Waals surface area contributed by atoms with Crippen molar-refractivity contribution in [3.63, 3.8) is 0 Å². The first-order valence-corrected chi connectivity index (χ1v) is 15.9. The van der Waals surface area contributed by atoms with Gasteiger partial charge in [0, 0.05) is 42.6 Å². The van der Waals surface area contributed by atoms with Gasteiger partial charge in [0.15, 0.2) is 0 Å². The van der Waals surface area contributed by atoms with Crippen molar-refractivity contribution in [1.29, 1.82) is 0 Å². The van der Waals surface area contributed by atoms with Gasteiger partial charge >= 0.3 is 41.8 Å². The van der Waals surface area contributed by atoms with Crippen LogP contribution in [0.2, 0.25) is 0 Å². The average Bonchev–Trinajstić information content (AvgIpc) is 3.77. The number of fused-ring (bicyclic) bond motifs is 1. The van der Waals surface area contributed by atoms with E-state index in [1.54, 1.807) is 6.20 Å². The molecule has 0 aliphatic rings. The topological polar surface area (TPSA) is 436 Å². The van der Waals surface area contributed by atoms with Gasteiger partial charge in [-0.1, -0.05) is 38.5 Å². The van der Waals surface area contributed by atoms with E-state index < -0.39 is 78.4 Å². The Morgan fingerprint density at radius 1 is 0.685 bits per heavy atom. The molecule has 22 heteroatoms. The number of carbonyl (C=O) groups is 7. The zero-order chi connectivity index (χ0) is 42.1. The van der Waals surface area contributed by atoms with Crippen LogP contribution >= 0.6 is 0 Å². The van der Waals surface area contributed by atoms with Gasteiger partial charge in [-0.05, 0) is 24.0 Å². The molecule has 6 atom stereocenters. The van der Waals surface area contributed by atoms with Gasteiger partial charge in [0.25, 0.3) is 0 Å². The molecule has 1 aromatic carbocycles. The number of nitrogens with one attached hydrogen (secondary N) is 2. The van der Waals surface area contributed by atoms with Gasteiger partial charge in [0.2, 0.25) is 0 Å². The number of benzene rings is 1. The van der Waals surface area contributed by atoms with E-state index in [1.807, 2.05) is 44.3 Å². The molecule has 0 saturated heterocycles. The first kappa shape index (κ1) is 50.2. The number of aliphatic carboxylic acids is 7. The standard InChI is InChI=1S/C11H12N2O2.C6H9N3O2.C6H13NO2.C5H9NO4.C4H7NO4/c12-9(11(14)15)5-7-6-13-10-4-2-1-3-8(7)10;7-5(6(10)11)1-4-2-8-3-9-4;1-3-4(2)5(7)6(8)9;6-3(5(9)10)1-2-4(7)8;5-2(4(8)9)1-3(6)7/h1-4,6,9,13H,5,12H2,(H,14,15);2-3,5H,1,7H2,(H,8,9)(H,10,11);4-5H,3,7H2,1-2H3,(H,8,9);3H,1-2,6H2,(H,7,8)(H,9,10);2H,1,5H2,(H,6,7)(H,8,9)/t9-;5-;4-,5-;3-;2-/m00000/s1. The van der Waals surface area contributed by atoms with Crippen LogP contribution in [0.3, 0.4) is 0 Å². The number of imidazole rings is 1. The zero-order valence-electron chi connectivity index (χ0n) is 29.6. The van der Waals surface area contributed by atoms with E-state index in [1.165, 1.54) is 6.33 Å². The number of hydrogen-bond donors (Lipinski definition) is 14. The molecule has 302 valence electrons. The van der Waals surface area contributed by atoms with Crippen molar-refractivity contribution in [2.45, 2.75) is 82.6 Å². The lowest BCUT2D eigenvalue weighted by Gasteiger charge is -2.11. The first-order chi connectivity index (χ1) is 25.0. The number of nitrogens with zero attached hydrogens (tertiary/aromatic N) is 1. The predicted molar refractivity (Wildman–Crippen MR) is 191 cm³/mol. The molecule has 0 spiro atoms. The molecule has 0 aliphatic heterocycles. The van der Waals surface area contributed by atoms with Crippen molar-refractivity contribution in [3.05, 3.63) is 54.2 Å². The lowest BCUT2D eigenvalue weighted by Crippen LogP contribution is -2.36. The van der Waals surface area contributed by atoms with E-state index in [-0.39, 0.29) is 25.2 Å². The van der Waals surface area contributed by atoms with Gasteiger partial charge in [-0.15, -0.1) is 0 Å². The second kappa shape index (κ2) is 26.8. The minimum absolute atomic E-state index is 0.0231. The Kier molecular flexibility index (Phi) is 24.9. The number of carboxylic acids is 7. The van der Waals surface area contributed by atoms with Crippen LogP contribution < -0.4 is 28.7 Å². The van der Waals surface area contributed by atoms with Crippen molar-refractivity contribution >= 4 is 52.7 Å². The molecule has 54 heavy (non-hydrogen) atoms. The van der Waals surface area contributed by atoms with Crippen molar-refractivity contribution < 1.29 is 69.3 Å². The molecule has 2 heterocycles. The summed E-state index contributed by atoms with van der Waals surface area (Å²) in [6.07, 6.45) is 5.60. The monoisotopic (exact) mass is 770 g/mol. The smallest absolute Gasteiger partial charge is 0.321 e. The van der Waals surface area contributed by atoms with Crippen LogP contribution in [-0.2, 0) is 46.4 Å². The number of aromatic amines is 2.